The highest BCUT2D eigenvalue weighted by Crippen LogP contribution is 2.14. The van der Waals surface area contributed by atoms with Gasteiger partial charge in [-0.1, -0.05) is 6.07 Å². The SMILES string of the molecule is CN(CC1CCNC1)C(=O)c1cccs1. The van der Waals surface area contributed by atoms with Crippen LogP contribution in [0.25, 0.3) is 0 Å². The maximum atomic E-state index is 11.9. The molecule has 1 atom stereocenters. The van der Waals surface area contributed by atoms with E-state index in [1.54, 1.807) is 0 Å². The van der Waals surface area contributed by atoms with Gasteiger partial charge in [0, 0.05) is 13.6 Å². The third kappa shape index (κ3) is 2.58. The number of nitrogens with one attached hydrogen (secondary N) is 1. The van der Waals surface area contributed by atoms with Crippen LogP contribution in [-0.2, 0) is 0 Å². The lowest BCUT2D eigenvalue weighted by Crippen LogP contribution is -2.32. The van der Waals surface area contributed by atoms with Gasteiger partial charge in [-0.15, -0.1) is 11.3 Å². The van der Waals surface area contributed by atoms with E-state index in [4.69, 9.17) is 0 Å². The Bertz CT molecular complexity index is 317. The first-order chi connectivity index (χ1) is 7.27. The molecule has 0 aliphatic carbocycles. The van der Waals surface area contributed by atoms with Gasteiger partial charge in [0.25, 0.3) is 5.91 Å². The number of carbonyl (C=O) groups is 1. The summed E-state index contributed by atoms with van der Waals surface area (Å²) in [7, 11) is 1.89. The molecule has 1 aliphatic heterocycles. The van der Waals surface area contributed by atoms with Gasteiger partial charge in [-0.25, -0.2) is 0 Å². The van der Waals surface area contributed by atoms with Gasteiger partial charge < -0.3 is 10.2 Å². The lowest BCUT2D eigenvalue weighted by Gasteiger charge is -2.19. The third-order valence-corrected chi connectivity index (χ3v) is 3.63. The van der Waals surface area contributed by atoms with Crippen LogP contribution in [0, 0.1) is 5.92 Å². The lowest BCUT2D eigenvalue weighted by atomic mass is 10.1. The fourth-order valence-corrected chi connectivity index (χ4v) is 2.65. The summed E-state index contributed by atoms with van der Waals surface area (Å²) in [5.74, 6) is 0.774. The van der Waals surface area contributed by atoms with E-state index in [0.717, 1.165) is 24.5 Å². The average molecular weight is 224 g/mol. The molecule has 0 saturated carbocycles. The highest BCUT2D eigenvalue weighted by molar-refractivity contribution is 7.12. The molecule has 1 unspecified atom stereocenters. The van der Waals surface area contributed by atoms with E-state index in [1.807, 2.05) is 29.5 Å². The summed E-state index contributed by atoms with van der Waals surface area (Å²) in [6.45, 7) is 3.00. The van der Waals surface area contributed by atoms with Crippen LogP contribution >= 0.6 is 11.3 Å². The minimum Gasteiger partial charge on any atom is -0.341 e. The van der Waals surface area contributed by atoms with Crippen molar-refractivity contribution in [2.45, 2.75) is 6.42 Å². The van der Waals surface area contributed by atoms with Gasteiger partial charge in [-0.3, -0.25) is 4.79 Å². The predicted molar refractivity (Wildman–Crippen MR) is 62.3 cm³/mol. The molecule has 1 fully saturated rings. The Kier molecular flexibility index (Phi) is 3.38. The van der Waals surface area contributed by atoms with Crippen molar-refractivity contribution in [3.05, 3.63) is 22.4 Å². The average Bonchev–Trinajstić information content (AvgIpc) is 2.88. The summed E-state index contributed by atoms with van der Waals surface area (Å²) in [4.78, 5) is 14.6. The van der Waals surface area contributed by atoms with Crippen LogP contribution in [0.2, 0.25) is 0 Å². The van der Waals surface area contributed by atoms with Crippen molar-refractivity contribution in [2.24, 2.45) is 5.92 Å². The van der Waals surface area contributed by atoms with Crippen LogP contribution < -0.4 is 5.32 Å². The first-order valence-corrected chi connectivity index (χ1v) is 6.15. The minimum absolute atomic E-state index is 0.150. The Hall–Kier alpha value is -0.870. The zero-order valence-electron chi connectivity index (χ0n) is 8.90. The van der Waals surface area contributed by atoms with Crippen molar-refractivity contribution in [1.29, 1.82) is 0 Å². The maximum absolute atomic E-state index is 11.9. The summed E-state index contributed by atoms with van der Waals surface area (Å²) >= 11 is 1.51. The van der Waals surface area contributed by atoms with E-state index in [9.17, 15) is 4.79 Å². The minimum atomic E-state index is 0.150. The number of hydrogen-bond donors (Lipinski definition) is 1. The zero-order valence-corrected chi connectivity index (χ0v) is 9.72. The fourth-order valence-electron chi connectivity index (χ4n) is 1.93. The third-order valence-electron chi connectivity index (χ3n) is 2.77. The van der Waals surface area contributed by atoms with E-state index in [1.165, 1.54) is 17.8 Å². The van der Waals surface area contributed by atoms with Gasteiger partial charge in [-0.05, 0) is 36.9 Å². The van der Waals surface area contributed by atoms with E-state index in [2.05, 4.69) is 5.32 Å². The number of carbonyl (C=O) groups excluding carboxylic acids is 1. The zero-order chi connectivity index (χ0) is 10.7. The summed E-state index contributed by atoms with van der Waals surface area (Å²) < 4.78 is 0. The summed E-state index contributed by atoms with van der Waals surface area (Å²) in [5, 5.41) is 5.26. The second-order valence-electron chi connectivity index (χ2n) is 4.02. The van der Waals surface area contributed by atoms with Crippen LogP contribution in [0.1, 0.15) is 16.1 Å². The quantitative estimate of drug-likeness (QED) is 0.842. The Balaban J connectivity index is 1.90. The van der Waals surface area contributed by atoms with Crippen LogP contribution in [0.15, 0.2) is 17.5 Å². The number of hydrogen-bond acceptors (Lipinski definition) is 3. The first kappa shape index (κ1) is 10.6. The highest BCUT2D eigenvalue weighted by Gasteiger charge is 2.20. The number of nitrogens with zero attached hydrogens (tertiary/aromatic N) is 1. The molecule has 1 N–H and O–H groups in total. The van der Waals surface area contributed by atoms with Crippen molar-refractivity contribution < 1.29 is 4.79 Å². The summed E-state index contributed by atoms with van der Waals surface area (Å²) in [5.41, 5.74) is 0. The van der Waals surface area contributed by atoms with E-state index in [-0.39, 0.29) is 5.91 Å². The second-order valence-corrected chi connectivity index (χ2v) is 4.97. The molecule has 15 heavy (non-hydrogen) atoms. The maximum Gasteiger partial charge on any atom is 0.263 e. The molecule has 1 aromatic heterocycles. The van der Waals surface area contributed by atoms with Crippen molar-refractivity contribution in [3.63, 3.8) is 0 Å². The monoisotopic (exact) mass is 224 g/mol. The Labute approximate surface area is 94.1 Å². The van der Waals surface area contributed by atoms with Gasteiger partial charge in [0.1, 0.15) is 0 Å². The van der Waals surface area contributed by atoms with Crippen LogP contribution in [-0.4, -0.2) is 37.5 Å². The molecule has 0 spiro atoms. The van der Waals surface area contributed by atoms with Crippen molar-refractivity contribution in [2.75, 3.05) is 26.7 Å². The normalized spacial score (nSPS) is 20.5. The van der Waals surface area contributed by atoms with Gasteiger partial charge in [0.05, 0.1) is 4.88 Å². The highest BCUT2D eigenvalue weighted by atomic mass is 32.1. The molecule has 4 heteroatoms. The standard InChI is InChI=1S/C11H16N2OS/c1-13(8-9-4-5-12-7-9)11(14)10-3-2-6-15-10/h2-3,6,9,12H,4-5,7-8H2,1H3. The molecule has 3 nitrogen and oxygen atoms in total. The Morgan fingerprint density at radius 3 is 3.20 bits per heavy atom. The topological polar surface area (TPSA) is 32.3 Å². The molecule has 2 heterocycles. The molecular formula is C11H16N2OS. The summed E-state index contributed by atoms with van der Waals surface area (Å²) in [6.07, 6.45) is 1.18. The van der Waals surface area contributed by atoms with Crippen molar-refractivity contribution in [1.82, 2.24) is 10.2 Å². The van der Waals surface area contributed by atoms with Crippen molar-refractivity contribution in [3.8, 4) is 0 Å². The molecule has 1 saturated heterocycles. The van der Waals surface area contributed by atoms with Crippen LogP contribution in [0.5, 0.6) is 0 Å². The Morgan fingerprint density at radius 2 is 2.60 bits per heavy atom. The van der Waals surface area contributed by atoms with E-state index in [0.29, 0.717) is 5.92 Å². The smallest absolute Gasteiger partial charge is 0.263 e. The van der Waals surface area contributed by atoms with E-state index >= 15 is 0 Å². The Morgan fingerprint density at radius 1 is 1.73 bits per heavy atom. The molecule has 82 valence electrons. The predicted octanol–water partition coefficient (Wildman–Crippen LogP) is 1.43. The molecule has 0 radical (unpaired) electrons. The molecule has 0 aromatic carbocycles. The molecule has 1 aliphatic rings. The molecule has 0 bridgehead atoms. The van der Waals surface area contributed by atoms with Gasteiger partial charge >= 0.3 is 0 Å². The van der Waals surface area contributed by atoms with E-state index < -0.39 is 0 Å². The first-order valence-electron chi connectivity index (χ1n) is 5.27. The lowest BCUT2D eigenvalue weighted by molar-refractivity contribution is 0.0781. The number of rotatable bonds is 3. The largest absolute Gasteiger partial charge is 0.341 e. The molecular weight excluding hydrogens is 208 g/mol. The van der Waals surface area contributed by atoms with Crippen LogP contribution in [0.4, 0.5) is 0 Å². The molecule has 1 aromatic rings. The van der Waals surface area contributed by atoms with Gasteiger partial charge in [0.15, 0.2) is 0 Å². The number of amides is 1. The molecule has 1 amide bonds. The summed E-state index contributed by atoms with van der Waals surface area (Å²) in [6, 6.07) is 3.80. The van der Waals surface area contributed by atoms with Gasteiger partial charge in [0.2, 0.25) is 0 Å². The van der Waals surface area contributed by atoms with Crippen molar-refractivity contribution >= 4 is 17.2 Å². The fraction of sp³-hybridized carbons (Fsp3) is 0.545. The van der Waals surface area contributed by atoms with Crippen LogP contribution in [0.3, 0.4) is 0 Å². The molecule has 2 rings (SSSR count). The van der Waals surface area contributed by atoms with Gasteiger partial charge in [-0.2, -0.15) is 0 Å². The second kappa shape index (κ2) is 4.77. The number of thiophene rings is 1.